The van der Waals surface area contributed by atoms with Gasteiger partial charge in [0, 0.05) is 11.8 Å². The van der Waals surface area contributed by atoms with Crippen molar-refractivity contribution in [2.45, 2.75) is 31.8 Å². The van der Waals surface area contributed by atoms with Crippen molar-refractivity contribution in [3.8, 4) is 0 Å². The lowest BCUT2D eigenvalue weighted by Gasteiger charge is -2.18. The second-order valence-electron chi connectivity index (χ2n) is 4.89. The van der Waals surface area contributed by atoms with Crippen LogP contribution in [0.4, 0.5) is 4.79 Å². The topological polar surface area (TPSA) is 78.4 Å². The van der Waals surface area contributed by atoms with Crippen molar-refractivity contribution in [1.29, 1.82) is 0 Å². The van der Waals surface area contributed by atoms with Gasteiger partial charge in [-0.2, -0.15) is 11.8 Å². The molecule has 21 heavy (non-hydrogen) atoms. The second-order valence-corrected chi connectivity index (χ2v) is 5.80. The van der Waals surface area contributed by atoms with Gasteiger partial charge < -0.3 is 15.7 Å². The first-order chi connectivity index (χ1) is 10.0. The third-order valence-corrected chi connectivity index (χ3v) is 3.80. The standard InChI is InChI=1S/C15H22N2O3S/c1-11(10-21-2)16-15(20)17-13(14(18)19)9-8-12-6-4-3-5-7-12/h3-7,11,13H,8-10H2,1-2H3,(H,18,19)(H2,16,17,20). The number of urea groups is 1. The van der Waals surface area contributed by atoms with Crippen LogP contribution in [0.25, 0.3) is 0 Å². The van der Waals surface area contributed by atoms with Gasteiger partial charge in [-0.25, -0.2) is 9.59 Å². The number of nitrogens with one attached hydrogen (secondary N) is 2. The lowest BCUT2D eigenvalue weighted by atomic mass is 10.1. The third kappa shape index (κ3) is 7.04. The zero-order valence-corrected chi connectivity index (χ0v) is 13.2. The fourth-order valence-corrected chi connectivity index (χ4v) is 2.51. The van der Waals surface area contributed by atoms with Crippen LogP contribution in [-0.2, 0) is 11.2 Å². The predicted molar refractivity (Wildman–Crippen MR) is 85.7 cm³/mol. The van der Waals surface area contributed by atoms with Crippen LogP contribution in [0.1, 0.15) is 18.9 Å². The van der Waals surface area contributed by atoms with E-state index in [0.717, 1.165) is 11.3 Å². The molecule has 0 aliphatic rings. The summed E-state index contributed by atoms with van der Waals surface area (Å²) in [7, 11) is 0. The second kappa shape index (κ2) is 9.28. The lowest BCUT2D eigenvalue weighted by molar-refractivity contribution is -0.139. The van der Waals surface area contributed by atoms with E-state index in [-0.39, 0.29) is 6.04 Å². The van der Waals surface area contributed by atoms with Gasteiger partial charge in [-0.15, -0.1) is 0 Å². The molecule has 0 heterocycles. The molecule has 6 heteroatoms. The van der Waals surface area contributed by atoms with Crippen molar-refractivity contribution in [1.82, 2.24) is 10.6 Å². The van der Waals surface area contributed by atoms with Crippen LogP contribution >= 0.6 is 11.8 Å². The number of carbonyl (C=O) groups is 2. The van der Waals surface area contributed by atoms with Crippen molar-refractivity contribution in [3.63, 3.8) is 0 Å². The predicted octanol–water partition coefficient (Wildman–Crippen LogP) is 2.12. The zero-order valence-electron chi connectivity index (χ0n) is 12.3. The number of carboxylic acid groups (broad SMARTS) is 1. The van der Waals surface area contributed by atoms with E-state index in [9.17, 15) is 14.7 Å². The molecule has 0 aromatic heterocycles. The highest BCUT2D eigenvalue weighted by Gasteiger charge is 2.20. The van der Waals surface area contributed by atoms with Crippen molar-refractivity contribution in [2.24, 2.45) is 0 Å². The molecule has 0 radical (unpaired) electrons. The monoisotopic (exact) mass is 310 g/mol. The molecule has 1 aromatic carbocycles. The zero-order chi connectivity index (χ0) is 15.7. The number of hydrogen-bond acceptors (Lipinski definition) is 3. The molecule has 0 saturated heterocycles. The summed E-state index contributed by atoms with van der Waals surface area (Å²) in [5.41, 5.74) is 1.06. The average Bonchev–Trinajstić information content (AvgIpc) is 2.44. The molecule has 3 N–H and O–H groups in total. The van der Waals surface area contributed by atoms with Crippen LogP contribution in [0.2, 0.25) is 0 Å². The molecule has 2 unspecified atom stereocenters. The number of carboxylic acids is 1. The molecular weight excluding hydrogens is 288 g/mol. The SMILES string of the molecule is CSCC(C)NC(=O)NC(CCc1ccccc1)C(=O)O. The molecule has 0 saturated carbocycles. The summed E-state index contributed by atoms with van der Waals surface area (Å²) in [6, 6.07) is 8.31. The summed E-state index contributed by atoms with van der Waals surface area (Å²) >= 11 is 1.63. The molecular formula is C15H22N2O3S. The van der Waals surface area contributed by atoms with Crippen molar-refractivity contribution < 1.29 is 14.7 Å². The number of hydrogen-bond donors (Lipinski definition) is 3. The molecule has 1 aromatic rings. The quantitative estimate of drug-likeness (QED) is 0.687. The maximum Gasteiger partial charge on any atom is 0.326 e. The Morgan fingerprint density at radius 1 is 1.24 bits per heavy atom. The summed E-state index contributed by atoms with van der Waals surface area (Å²) in [5.74, 6) is -0.228. The summed E-state index contributed by atoms with van der Waals surface area (Å²) in [5, 5.41) is 14.4. The fourth-order valence-electron chi connectivity index (χ4n) is 1.93. The molecule has 116 valence electrons. The largest absolute Gasteiger partial charge is 0.480 e. The van der Waals surface area contributed by atoms with Gasteiger partial charge in [-0.1, -0.05) is 30.3 Å². The first kappa shape index (κ1) is 17.4. The van der Waals surface area contributed by atoms with Crippen LogP contribution in [0.5, 0.6) is 0 Å². The Morgan fingerprint density at radius 3 is 2.48 bits per heavy atom. The minimum Gasteiger partial charge on any atom is -0.480 e. The Balaban J connectivity index is 2.46. The van der Waals surface area contributed by atoms with Crippen molar-refractivity contribution >= 4 is 23.8 Å². The summed E-state index contributed by atoms with van der Waals surface area (Å²) < 4.78 is 0. The van der Waals surface area contributed by atoms with E-state index in [4.69, 9.17) is 0 Å². The number of carbonyl (C=O) groups excluding carboxylic acids is 1. The minimum absolute atomic E-state index is 0.00330. The molecule has 2 atom stereocenters. The summed E-state index contributed by atoms with van der Waals surface area (Å²) in [6.07, 6.45) is 2.93. The minimum atomic E-state index is -1.02. The third-order valence-electron chi connectivity index (χ3n) is 2.96. The average molecular weight is 310 g/mol. The van der Waals surface area contributed by atoms with E-state index in [2.05, 4.69) is 10.6 Å². The molecule has 1 rings (SSSR count). The number of benzene rings is 1. The van der Waals surface area contributed by atoms with E-state index in [0.29, 0.717) is 12.8 Å². The smallest absolute Gasteiger partial charge is 0.326 e. The number of aliphatic carboxylic acids is 1. The molecule has 5 nitrogen and oxygen atoms in total. The summed E-state index contributed by atoms with van der Waals surface area (Å²) in [6.45, 7) is 1.88. The highest BCUT2D eigenvalue weighted by Crippen LogP contribution is 2.05. The van der Waals surface area contributed by atoms with Gasteiger partial charge in [0.2, 0.25) is 0 Å². The van der Waals surface area contributed by atoms with Gasteiger partial charge in [0.25, 0.3) is 0 Å². The van der Waals surface area contributed by atoms with Crippen LogP contribution in [0.3, 0.4) is 0 Å². The molecule has 2 amide bonds. The van der Waals surface area contributed by atoms with E-state index in [1.54, 1.807) is 11.8 Å². The fraction of sp³-hybridized carbons (Fsp3) is 0.467. The van der Waals surface area contributed by atoms with Gasteiger partial charge in [0.05, 0.1) is 0 Å². The van der Waals surface area contributed by atoms with Crippen LogP contribution in [-0.4, -0.2) is 41.2 Å². The van der Waals surface area contributed by atoms with E-state index >= 15 is 0 Å². The van der Waals surface area contributed by atoms with Gasteiger partial charge in [-0.3, -0.25) is 0 Å². The lowest BCUT2D eigenvalue weighted by Crippen LogP contribution is -2.49. The molecule has 0 bridgehead atoms. The van der Waals surface area contributed by atoms with Gasteiger partial charge in [0.1, 0.15) is 6.04 Å². The number of aryl methyl sites for hydroxylation is 1. The van der Waals surface area contributed by atoms with Crippen molar-refractivity contribution in [3.05, 3.63) is 35.9 Å². The van der Waals surface area contributed by atoms with Gasteiger partial charge in [0.15, 0.2) is 0 Å². The molecule has 0 aliphatic carbocycles. The Labute approximate surface area is 129 Å². The Kier molecular flexibility index (Phi) is 7.68. The highest BCUT2D eigenvalue weighted by molar-refractivity contribution is 7.98. The number of rotatable bonds is 8. The van der Waals surface area contributed by atoms with E-state index in [1.807, 2.05) is 43.5 Å². The van der Waals surface area contributed by atoms with Crippen LogP contribution in [0, 0.1) is 0 Å². The maximum atomic E-state index is 11.8. The van der Waals surface area contributed by atoms with E-state index < -0.39 is 18.0 Å². The van der Waals surface area contributed by atoms with Gasteiger partial charge >= 0.3 is 12.0 Å². The molecule has 0 spiro atoms. The normalized spacial score (nSPS) is 13.2. The number of amides is 2. The number of thioether (sulfide) groups is 1. The Morgan fingerprint density at radius 2 is 1.90 bits per heavy atom. The maximum absolute atomic E-state index is 11.8. The van der Waals surface area contributed by atoms with E-state index in [1.165, 1.54) is 0 Å². The van der Waals surface area contributed by atoms with Gasteiger partial charge in [-0.05, 0) is 31.6 Å². The summed E-state index contributed by atoms with van der Waals surface area (Å²) in [4.78, 5) is 23.0. The van der Waals surface area contributed by atoms with Crippen LogP contribution in [0.15, 0.2) is 30.3 Å². The molecule has 0 aliphatic heterocycles. The highest BCUT2D eigenvalue weighted by atomic mass is 32.2. The Hall–Kier alpha value is -1.69. The van der Waals surface area contributed by atoms with Crippen molar-refractivity contribution in [2.75, 3.05) is 12.0 Å². The Bertz CT molecular complexity index is 453. The first-order valence-corrected chi connectivity index (χ1v) is 8.25. The molecule has 0 fully saturated rings. The van der Waals surface area contributed by atoms with Crippen LogP contribution < -0.4 is 10.6 Å². The first-order valence-electron chi connectivity index (χ1n) is 6.85.